The van der Waals surface area contributed by atoms with E-state index in [2.05, 4.69) is 5.32 Å². The molecule has 0 atom stereocenters. The zero-order chi connectivity index (χ0) is 16.2. The van der Waals surface area contributed by atoms with Gasteiger partial charge < -0.3 is 24.6 Å². The maximum atomic E-state index is 12.2. The Morgan fingerprint density at radius 3 is 2.57 bits per heavy atom. The van der Waals surface area contributed by atoms with Gasteiger partial charge >= 0.3 is 5.97 Å². The number of hydrogen-bond donors (Lipinski definition) is 2. The van der Waals surface area contributed by atoms with Gasteiger partial charge in [0.15, 0.2) is 18.1 Å². The van der Waals surface area contributed by atoms with Crippen molar-refractivity contribution in [2.75, 3.05) is 18.7 Å². The number of fused-ring (bicyclic) bond motifs is 1. The van der Waals surface area contributed by atoms with Crippen LogP contribution in [-0.2, 0) is 4.79 Å². The lowest BCUT2D eigenvalue weighted by molar-refractivity contribution is -0.139. The second-order valence-electron chi connectivity index (χ2n) is 4.73. The Balaban J connectivity index is 1.64. The summed E-state index contributed by atoms with van der Waals surface area (Å²) in [5, 5.41) is 11.3. The highest BCUT2D eigenvalue weighted by Gasteiger charge is 2.16. The van der Waals surface area contributed by atoms with Crippen molar-refractivity contribution in [3.05, 3.63) is 48.0 Å². The fraction of sp³-hybridized carbons (Fsp3) is 0.125. The van der Waals surface area contributed by atoms with Gasteiger partial charge in [-0.1, -0.05) is 0 Å². The van der Waals surface area contributed by atoms with Crippen LogP contribution in [0.3, 0.4) is 0 Å². The summed E-state index contributed by atoms with van der Waals surface area (Å²) in [5.41, 5.74) is 1.01. The summed E-state index contributed by atoms with van der Waals surface area (Å²) in [6.45, 7) is -0.263. The van der Waals surface area contributed by atoms with E-state index in [-0.39, 0.29) is 12.7 Å². The van der Waals surface area contributed by atoms with Crippen LogP contribution in [0, 0.1) is 0 Å². The first-order chi connectivity index (χ1) is 11.1. The molecule has 7 nitrogen and oxygen atoms in total. The number of carboxylic acids is 1. The number of carboxylic acid groups (broad SMARTS) is 1. The first kappa shape index (κ1) is 14.7. The number of anilines is 1. The number of aliphatic carboxylic acids is 1. The van der Waals surface area contributed by atoms with Gasteiger partial charge in [0.1, 0.15) is 5.75 Å². The van der Waals surface area contributed by atoms with Crippen molar-refractivity contribution in [3.63, 3.8) is 0 Å². The smallest absolute Gasteiger partial charge is 0.341 e. The Hall–Kier alpha value is -3.22. The molecule has 1 amide bonds. The number of hydrogen-bond acceptors (Lipinski definition) is 5. The van der Waals surface area contributed by atoms with E-state index in [9.17, 15) is 9.59 Å². The number of carbonyl (C=O) groups is 2. The third-order valence-corrected chi connectivity index (χ3v) is 3.11. The van der Waals surface area contributed by atoms with Gasteiger partial charge in [-0.2, -0.15) is 0 Å². The maximum absolute atomic E-state index is 12.2. The van der Waals surface area contributed by atoms with E-state index in [0.717, 1.165) is 0 Å². The van der Waals surface area contributed by atoms with Crippen molar-refractivity contribution in [2.24, 2.45) is 0 Å². The first-order valence-corrected chi connectivity index (χ1v) is 6.77. The van der Waals surface area contributed by atoms with Crippen molar-refractivity contribution in [1.82, 2.24) is 0 Å². The average Bonchev–Trinajstić information content (AvgIpc) is 3.01. The summed E-state index contributed by atoms with van der Waals surface area (Å²) in [4.78, 5) is 22.6. The van der Waals surface area contributed by atoms with Gasteiger partial charge in [-0.05, 0) is 42.5 Å². The monoisotopic (exact) mass is 315 g/mol. The summed E-state index contributed by atoms with van der Waals surface area (Å²) < 4.78 is 15.4. The molecular weight excluding hydrogens is 302 g/mol. The van der Waals surface area contributed by atoms with Gasteiger partial charge in [0.25, 0.3) is 5.91 Å². The first-order valence-electron chi connectivity index (χ1n) is 6.77. The predicted molar refractivity (Wildman–Crippen MR) is 80.1 cm³/mol. The molecule has 2 aromatic rings. The number of nitrogens with one attached hydrogen (secondary N) is 1. The summed E-state index contributed by atoms with van der Waals surface area (Å²) >= 11 is 0. The summed E-state index contributed by atoms with van der Waals surface area (Å²) in [5.74, 6) is 0.220. The largest absolute Gasteiger partial charge is 0.482 e. The predicted octanol–water partition coefficient (Wildman–Crippen LogP) is 2.13. The summed E-state index contributed by atoms with van der Waals surface area (Å²) in [6, 6.07) is 11.4. The van der Waals surface area contributed by atoms with Crippen molar-refractivity contribution in [3.8, 4) is 17.2 Å². The van der Waals surface area contributed by atoms with Gasteiger partial charge in [0.05, 0.1) is 0 Å². The minimum Gasteiger partial charge on any atom is -0.482 e. The molecule has 0 saturated heterocycles. The summed E-state index contributed by atoms with van der Waals surface area (Å²) in [7, 11) is 0. The zero-order valence-corrected chi connectivity index (χ0v) is 11.9. The molecular formula is C16H13NO6. The van der Waals surface area contributed by atoms with Gasteiger partial charge in [-0.25, -0.2) is 4.79 Å². The van der Waals surface area contributed by atoms with E-state index >= 15 is 0 Å². The Morgan fingerprint density at radius 1 is 1.09 bits per heavy atom. The van der Waals surface area contributed by atoms with Crippen LogP contribution in [0.4, 0.5) is 5.69 Å². The highest BCUT2D eigenvalue weighted by molar-refractivity contribution is 6.04. The number of ether oxygens (including phenoxy) is 3. The van der Waals surface area contributed by atoms with E-state index in [0.29, 0.717) is 28.5 Å². The van der Waals surface area contributed by atoms with Crippen molar-refractivity contribution in [2.45, 2.75) is 0 Å². The van der Waals surface area contributed by atoms with E-state index < -0.39 is 12.6 Å². The molecule has 2 N–H and O–H groups in total. The second-order valence-corrected chi connectivity index (χ2v) is 4.73. The molecule has 0 fully saturated rings. The van der Waals surface area contributed by atoms with E-state index in [1.807, 2.05) is 0 Å². The molecule has 0 aromatic heterocycles. The number of amides is 1. The van der Waals surface area contributed by atoms with Crippen molar-refractivity contribution >= 4 is 17.6 Å². The van der Waals surface area contributed by atoms with E-state index in [1.54, 1.807) is 42.5 Å². The molecule has 2 aromatic carbocycles. The minimum absolute atomic E-state index is 0.151. The quantitative estimate of drug-likeness (QED) is 0.878. The van der Waals surface area contributed by atoms with Crippen molar-refractivity contribution in [1.29, 1.82) is 0 Å². The molecule has 0 radical (unpaired) electrons. The van der Waals surface area contributed by atoms with Gasteiger partial charge in [-0.3, -0.25) is 4.79 Å². The lowest BCUT2D eigenvalue weighted by atomic mass is 10.2. The van der Waals surface area contributed by atoms with Gasteiger partial charge in [-0.15, -0.1) is 0 Å². The molecule has 1 aliphatic heterocycles. The van der Waals surface area contributed by atoms with E-state index in [4.69, 9.17) is 19.3 Å². The molecule has 1 aliphatic rings. The molecule has 118 valence electrons. The van der Waals surface area contributed by atoms with E-state index in [1.165, 1.54) is 0 Å². The van der Waals surface area contributed by atoms with Gasteiger partial charge in [0.2, 0.25) is 6.79 Å². The topological polar surface area (TPSA) is 94.1 Å². The Kier molecular flexibility index (Phi) is 4.01. The highest BCUT2D eigenvalue weighted by Crippen LogP contribution is 2.32. The van der Waals surface area contributed by atoms with Crippen molar-refractivity contribution < 1.29 is 28.9 Å². The molecule has 7 heteroatoms. The number of benzene rings is 2. The molecule has 23 heavy (non-hydrogen) atoms. The van der Waals surface area contributed by atoms with Crippen LogP contribution in [0.25, 0.3) is 0 Å². The van der Waals surface area contributed by atoms with Crippen LogP contribution >= 0.6 is 0 Å². The second kappa shape index (κ2) is 6.27. The van der Waals surface area contributed by atoms with Crippen LogP contribution in [0.1, 0.15) is 10.4 Å². The van der Waals surface area contributed by atoms with Crippen LogP contribution in [0.2, 0.25) is 0 Å². The number of rotatable bonds is 5. The minimum atomic E-state index is -1.05. The highest BCUT2D eigenvalue weighted by atomic mass is 16.7. The number of carbonyl (C=O) groups excluding carboxylic acids is 1. The van der Waals surface area contributed by atoms with Gasteiger partial charge in [0, 0.05) is 11.3 Å². The third-order valence-electron chi connectivity index (χ3n) is 3.11. The molecule has 3 rings (SSSR count). The molecule has 0 saturated carbocycles. The Bertz CT molecular complexity index is 741. The normalized spacial score (nSPS) is 11.8. The molecule has 0 unspecified atom stereocenters. The van der Waals surface area contributed by atoms with Crippen LogP contribution < -0.4 is 19.5 Å². The molecule has 0 aliphatic carbocycles. The van der Waals surface area contributed by atoms with Crippen LogP contribution in [0.5, 0.6) is 17.2 Å². The summed E-state index contributed by atoms with van der Waals surface area (Å²) in [6.07, 6.45) is 0. The molecule has 0 spiro atoms. The fourth-order valence-electron chi connectivity index (χ4n) is 2.02. The lowest BCUT2D eigenvalue weighted by Gasteiger charge is -2.07. The maximum Gasteiger partial charge on any atom is 0.341 e. The lowest BCUT2D eigenvalue weighted by Crippen LogP contribution is -2.12. The Morgan fingerprint density at radius 2 is 1.83 bits per heavy atom. The standard InChI is InChI=1S/C16H13NO6/c18-15(19)8-21-12-4-2-11(3-5-12)17-16(20)10-1-6-13-14(7-10)23-9-22-13/h1-7H,8-9H2,(H,17,20)(H,18,19). The fourth-order valence-corrected chi connectivity index (χ4v) is 2.02. The van der Waals surface area contributed by atoms with Crippen LogP contribution in [-0.4, -0.2) is 30.4 Å². The molecule has 1 heterocycles. The zero-order valence-electron chi connectivity index (χ0n) is 11.9. The van der Waals surface area contributed by atoms with Crippen LogP contribution in [0.15, 0.2) is 42.5 Å². The average molecular weight is 315 g/mol. The SMILES string of the molecule is O=C(O)COc1ccc(NC(=O)c2ccc3c(c2)OCO3)cc1. The molecule has 0 bridgehead atoms. The third kappa shape index (κ3) is 3.52. The Labute approximate surface area is 131 Å².